The zero-order valence-corrected chi connectivity index (χ0v) is 26.2. The molecule has 36 heavy (non-hydrogen) atoms. The molecule has 0 radical (unpaired) electrons. The van der Waals surface area contributed by atoms with Crippen LogP contribution in [0.4, 0.5) is 0 Å². The fraction of sp³-hybridized carbons (Fsp3) is 0.917. The third-order valence-electron chi connectivity index (χ3n) is 6.84. The molecule has 0 aromatic rings. The van der Waals surface area contributed by atoms with Gasteiger partial charge in [-0.2, -0.15) is 0 Å². The van der Waals surface area contributed by atoms with Gasteiger partial charge in [-0.1, -0.05) is 0 Å². The number of nitrogens with zero attached hydrogens (tertiary/aromatic N) is 4. The molecule has 10 nitrogen and oxygen atoms in total. The van der Waals surface area contributed by atoms with Crippen LogP contribution in [0.1, 0.15) is 55.4 Å². The van der Waals surface area contributed by atoms with Gasteiger partial charge in [-0.3, -0.25) is 9.59 Å². The summed E-state index contributed by atoms with van der Waals surface area (Å²) < 4.78 is 26.2. The Morgan fingerprint density at radius 3 is 1.00 bits per heavy atom. The number of ether oxygens (including phenoxy) is 4. The van der Waals surface area contributed by atoms with Crippen LogP contribution in [-0.4, -0.2) is 118 Å². The molecule has 0 aromatic heterocycles. The summed E-state index contributed by atoms with van der Waals surface area (Å²) in [6.07, 6.45) is 0. The highest BCUT2D eigenvalue weighted by Crippen LogP contribution is 2.41. The van der Waals surface area contributed by atoms with Gasteiger partial charge in [0.05, 0.1) is 52.9 Å². The van der Waals surface area contributed by atoms with Crippen LogP contribution in [0, 0.1) is 0 Å². The molecule has 0 saturated carbocycles. The molecule has 0 bridgehead atoms. The largest absolute Gasteiger partial charge is 0.377 e. The maximum absolute atomic E-state index is 12.7. The molecule has 0 aromatic carbocycles. The van der Waals surface area contributed by atoms with E-state index in [1.54, 1.807) is 0 Å². The molecule has 2 aliphatic heterocycles. The van der Waals surface area contributed by atoms with Crippen LogP contribution in [0.15, 0.2) is 0 Å². The summed E-state index contributed by atoms with van der Waals surface area (Å²) in [5.74, 6) is 0.154. The number of hydrogen-bond acceptors (Lipinski definition) is 8. The van der Waals surface area contributed by atoms with Gasteiger partial charge >= 0.3 is 0 Å². The van der Waals surface area contributed by atoms with Crippen molar-refractivity contribution in [2.75, 3.05) is 65.9 Å². The van der Waals surface area contributed by atoms with Gasteiger partial charge in [0.15, 0.2) is 0 Å². The Morgan fingerprint density at radius 2 is 0.778 bits per heavy atom. The summed E-state index contributed by atoms with van der Waals surface area (Å²) in [4.78, 5) is 29.0. The van der Waals surface area contributed by atoms with E-state index < -0.39 is 22.4 Å². The van der Waals surface area contributed by atoms with Crippen molar-refractivity contribution < 1.29 is 28.5 Å². The predicted molar refractivity (Wildman–Crippen MR) is 145 cm³/mol. The Bertz CT molecular complexity index is 703. The Balaban J connectivity index is 1.45. The molecule has 0 atom stereocenters. The normalized spacial score (nSPS) is 23.3. The zero-order chi connectivity index (χ0) is 27.4. The average molecular weight is 644 g/mol. The molecule has 2 amide bonds. The van der Waals surface area contributed by atoms with Crippen molar-refractivity contribution in [3.05, 3.63) is 0 Å². The molecule has 2 rings (SSSR count). The van der Waals surface area contributed by atoms with E-state index >= 15 is 0 Å². The highest BCUT2D eigenvalue weighted by atomic mass is 79.9. The van der Waals surface area contributed by atoms with Gasteiger partial charge in [0, 0.05) is 45.4 Å². The second kappa shape index (κ2) is 12.7. The summed E-state index contributed by atoms with van der Waals surface area (Å²) in [6.45, 7) is 20.4. The first-order valence-electron chi connectivity index (χ1n) is 12.5. The van der Waals surface area contributed by atoms with Gasteiger partial charge in [0.2, 0.25) is 11.8 Å². The number of amides is 2. The van der Waals surface area contributed by atoms with Crippen LogP contribution in [-0.2, 0) is 28.5 Å². The average Bonchev–Trinajstić information content (AvgIpc) is 2.99. The number of halogens is 2. The minimum atomic E-state index is -0.589. The molecule has 2 heterocycles. The second-order valence-electron chi connectivity index (χ2n) is 11.0. The Labute approximate surface area is 233 Å². The van der Waals surface area contributed by atoms with Crippen molar-refractivity contribution in [3.63, 3.8) is 0 Å². The first-order chi connectivity index (χ1) is 16.6. The third-order valence-corrected chi connectivity index (χ3v) is 10.3. The van der Waals surface area contributed by atoms with Crippen molar-refractivity contribution >= 4 is 44.1 Å². The lowest BCUT2D eigenvalue weighted by Crippen LogP contribution is -2.47. The van der Waals surface area contributed by atoms with E-state index in [1.807, 2.05) is 73.0 Å². The molecular weight excluding hydrogens is 600 g/mol. The summed E-state index contributed by atoms with van der Waals surface area (Å²) in [6, 6.07) is 0. The van der Waals surface area contributed by atoms with Crippen LogP contribution in [0.5, 0.6) is 0 Å². The number of carbonyl (C=O) groups excluding carboxylic acids is 2. The van der Waals surface area contributed by atoms with Crippen molar-refractivity contribution in [2.24, 2.45) is 0 Å². The molecule has 2 aliphatic rings. The number of carbonyl (C=O) groups is 2. The lowest BCUT2D eigenvalue weighted by Gasteiger charge is -2.35. The SMILES string of the molecule is CC1(C)C(=O)N(CCOCCOCCOCCOCCN2C(=O)C(C)(C)N(Br)C2(C)C)C(C)(C)N1Br. The third kappa shape index (κ3) is 6.80. The fourth-order valence-corrected chi connectivity index (χ4v) is 5.42. The summed E-state index contributed by atoms with van der Waals surface area (Å²) in [5, 5.41) is 0. The quantitative estimate of drug-likeness (QED) is 0.199. The van der Waals surface area contributed by atoms with Gasteiger partial charge in [-0.05, 0) is 55.4 Å². The summed E-state index contributed by atoms with van der Waals surface area (Å²) in [7, 11) is 0. The van der Waals surface area contributed by atoms with E-state index in [1.165, 1.54) is 0 Å². The highest BCUT2D eigenvalue weighted by molar-refractivity contribution is 9.07. The van der Waals surface area contributed by atoms with E-state index in [4.69, 9.17) is 18.9 Å². The molecule has 0 spiro atoms. The van der Waals surface area contributed by atoms with Crippen molar-refractivity contribution in [1.29, 1.82) is 0 Å². The van der Waals surface area contributed by atoms with E-state index in [2.05, 4.69) is 32.3 Å². The molecule has 2 fully saturated rings. The Kier molecular flexibility index (Phi) is 11.2. The van der Waals surface area contributed by atoms with E-state index in [0.717, 1.165) is 0 Å². The Hall–Kier alpha value is -0.340. The summed E-state index contributed by atoms with van der Waals surface area (Å²) in [5.41, 5.74) is -2.02. The van der Waals surface area contributed by atoms with E-state index in [0.29, 0.717) is 65.9 Å². The molecule has 0 unspecified atom stereocenters. The van der Waals surface area contributed by atoms with Crippen LogP contribution in [0.25, 0.3) is 0 Å². The van der Waals surface area contributed by atoms with E-state index in [-0.39, 0.29) is 11.8 Å². The van der Waals surface area contributed by atoms with Gasteiger partial charge < -0.3 is 28.7 Å². The predicted octanol–water partition coefficient (Wildman–Crippen LogP) is 2.99. The van der Waals surface area contributed by atoms with Gasteiger partial charge in [0.1, 0.15) is 22.4 Å². The molecule has 2 saturated heterocycles. The Morgan fingerprint density at radius 1 is 0.528 bits per heavy atom. The van der Waals surface area contributed by atoms with E-state index in [9.17, 15) is 9.59 Å². The van der Waals surface area contributed by atoms with Crippen LogP contribution < -0.4 is 0 Å². The summed E-state index contributed by atoms with van der Waals surface area (Å²) >= 11 is 7.08. The first-order valence-corrected chi connectivity index (χ1v) is 13.9. The first kappa shape index (κ1) is 31.9. The zero-order valence-electron chi connectivity index (χ0n) is 23.1. The van der Waals surface area contributed by atoms with Crippen LogP contribution >= 0.6 is 32.3 Å². The lowest BCUT2D eigenvalue weighted by molar-refractivity contribution is -0.135. The van der Waals surface area contributed by atoms with Crippen molar-refractivity contribution in [2.45, 2.75) is 77.8 Å². The maximum atomic E-state index is 12.7. The van der Waals surface area contributed by atoms with Crippen molar-refractivity contribution in [3.8, 4) is 0 Å². The van der Waals surface area contributed by atoms with Gasteiger partial charge in [-0.15, -0.1) is 0 Å². The highest BCUT2D eigenvalue weighted by Gasteiger charge is 2.56. The smallest absolute Gasteiger partial charge is 0.245 e. The minimum Gasteiger partial charge on any atom is -0.377 e. The number of rotatable bonds is 15. The molecule has 0 N–H and O–H groups in total. The lowest BCUT2D eigenvalue weighted by atomic mass is 10.1. The van der Waals surface area contributed by atoms with Gasteiger partial charge in [0.25, 0.3) is 0 Å². The monoisotopic (exact) mass is 642 g/mol. The number of hydrogen-bond donors (Lipinski definition) is 0. The van der Waals surface area contributed by atoms with Crippen LogP contribution in [0.3, 0.4) is 0 Å². The maximum Gasteiger partial charge on any atom is 0.245 e. The van der Waals surface area contributed by atoms with Gasteiger partial charge in [-0.25, -0.2) is 7.85 Å². The molecular formula is C24H44Br2N4O6. The minimum absolute atomic E-state index is 0.0771. The van der Waals surface area contributed by atoms with Crippen molar-refractivity contribution in [1.82, 2.24) is 17.7 Å². The topological polar surface area (TPSA) is 84.0 Å². The molecule has 210 valence electrons. The standard InChI is InChI=1S/C24H44Br2N4O6/c1-21(2)19(31)27(23(5,6)29(21)25)9-11-33-13-15-35-17-18-36-16-14-34-12-10-28-20(32)22(3,4)30(26)24(28,7)8/h9-18H2,1-8H3. The van der Waals surface area contributed by atoms with Crippen LogP contribution in [0.2, 0.25) is 0 Å². The second-order valence-corrected chi connectivity index (χ2v) is 12.5. The fourth-order valence-electron chi connectivity index (χ4n) is 4.73. The molecule has 12 heteroatoms. The molecule has 0 aliphatic carbocycles.